The molecule has 15 heteroatoms. The molecule has 0 radical (unpaired) electrons. The van der Waals surface area contributed by atoms with Crippen LogP contribution in [0.15, 0.2) is 60.7 Å². The first kappa shape index (κ1) is 32.7. The number of carboxylic acid groups (broad SMARTS) is 2. The van der Waals surface area contributed by atoms with Gasteiger partial charge in [0.05, 0.1) is 6.10 Å². The second-order valence-electron chi connectivity index (χ2n) is 9.41. The smallest absolute Gasteiger partial charge is 0.348 e. The van der Waals surface area contributed by atoms with E-state index < -0.39 is 89.6 Å². The molecule has 1 aliphatic carbocycles. The predicted molar refractivity (Wildman–Crippen MR) is 146 cm³/mol. The first-order valence-electron chi connectivity index (χ1n) is 12.6. The summed E-state index contributed by atoms with van der Waals surface area (Å²) >= 11 is 0. The molecule has 0 aromatic heterocycles. The molecule has 0 amide bonds. The molecule has 0 bridgehead atoms. The second-order valence-corrected chi connectivity index (χ2v) is 9.41. The van der Waals surface area contributed by atoms with Crippen LogP contribution in [0.2, 0.25) is 0 Å². The van der Waals surface area contributed by atoms with E-state index in [-0.39, 0.29) is 11.1 Å². The van der Waals surface area contributed by atoms with E-state index in [1.807, 2.05) is 0 Å². The van der Waals surface area contributed by atoms with E-state index in [2.05, 4.69) is 0 Å². The number of phenolic OH excluding ortho intramolecular Hbond substituents is 4. The Morgan fingerprint density at radius 2 is 1.20 bits per heavy atom. The van der Waals surface area contributed by atoms with Crippen LogP contribution in [0.4, 0.5) is 0 Å². The van der Waals surface area contributed by atoms with E-state index in [0.29, 0.717) is 12.2 Å². The Morgan fingerprint density at radius 1 is 0.682 bits per heavy atom. The van der Waals surface area contributed by atoms with Crippen molar-refractivity contribution < 1.29 is 73.9 Å². The normalized spacial score (nSPS) is 21.7. The number of benzene rings is 2. The number of aliphatic carboxylic acids is 2. The van der Waals surface area contributed by atoms with Gasteiger partial charge >= 0.3 is 29.8 Å². The van der Waals surface area contributed by atoms with Gasteiger partial charge in [-0.15, -0.1) is 0 Å². The van der Waals surface area contributed by atoms with Gasteiger partial charge in [0.15, 0.2) is 29.1 Å². The van der Waals surface area contributed by atoms with Crippen LogP contribution in [-0.2, 0) is 38.2 Å². The van der Waals surface area contributed by atoms with E-state index in [1.54, 1.807) is 0 Å². The zero-order valence-electron chi connectivity index (χ0n) is 22.5. The number of carbonyl (C=O) groups excluding carboxylic acids is 3. The van der Waals surface area contributed by atoms with E-state index in [9.17, 15) is 54.6 Å². The maximum atomic E-state index is 12.7. The summed E-state index contributed by atoms with van der Waals surface area (Å²) in [5.74, 6) is -8.68. The maximum Gasteiger partial charge on any atom is 0.348 e. The first-order chi connectivity index (χ1) is 20.7. The molecule has 1 aliphatic rings. The SMILES string of the molecule is O=C(O)/C=C/C(=O)O[C@@H]1[C@H](O)C[C@@](OC(=O)/C=C/c2ccc(O)c(O)c2)(C(=O)O)C[C@H]1OC(=O)/C=C/c1ccc(O)c(O)c1. The Kier molecular flexibility index (Phi) is 10.3. The molecule has 15 nitrogen and oxygen atoms in total. The van der Waals surface area contributed by atoms with Crippen LogP contribution in [0.1, 0.15) is 24.0 Å². The van der Waals surface area contributed by atoms with Crippen molar-refractivity contribution >= 4 is 42.0 Å². The quantitative estimate of drug-likeness (QED) is 0.0859. The van der Waals surface area contributed by atoms with Crippen molar-refractivity contribution in [3.63, 3.8) is 0 Å². The average Bonchev–Trinajstić information content (AvgIpc) is 2.95. The number of carbonyl (C=O) groups is 5. The standard InChI is InChI=1S/C29H26O15/c30-17-5-1-15(11-19(17)32)3-8-24(37)42-22-14-29(28(40)41,13-21(34)27(22)43-25(38)10-7-23(35)36)44-26(39)9-4-16-2-6-18(31)20(33)12-16/h1-12,21-22,27,30-34H,13-14H2,(H,35,36)(H,40,41)/b8-3+,9-4+,10-7+/t21-,22-,27-,29+/m1/s1. The summed E-state index contributed by atoms with van der Waals surface area (Å²) < 4.78 is 15.5. The molecular formula is C29H26O15. The van der Waals surface area contributed by atoms with E-state index >= 15 is 0 Å². The van der Waals surface area contributed by atoms with Gasteiger partial charge in [-0.2, -0.15) is 0 Å². The van der Waals surface area contributed by atoms with Gasteiger partial charge < -0.3 is 50.0 Å². The summed E-state index contributed by atoms with van der Waals surface area (Å²) in [5.41, 5.74) is -2.03. The number of rotatable bonds is 10. The van der Waals surface area contributed by atoms with Crippen LogP contribution in [0.5, 0.6) is 23.0 Å². The first-order valence-corrected chi connectivity index (χ1v) is 12.6. The van der Waals surface area contributed by atoms with Crippen molar-refractivity contribution in [1.29, 1.82) is 0 Å². The molecule has 0 saturated heterocycles. The Morgan fingerprint density at radius 3 is 1.70 bits per heavy atom. The van der Waals surface area contributed by atoms with Gasteiger partial charge in [-0.3, -0.25) is 0 Å². The van der Waals surface area contributed by atoms with E-state index in [4.69, 9.17) is 19.3 Å². The molecule has 2 aromatic carbocycles. The minimum atomic E-state index is -2.50. The van der Waals surface area contributed by atoms with E-state index in [0.717, 1.165) is 48.6 Å². The number of hydrogen-bond acceptors (Lipinski definition) is 13. The zero-order chi connectivity index (χ0) is 32.6. The summed E-state index contributed by atoms with van der Waals surface area (Å²) in [6, 6.07) is 7.18. The molecule has 0 unspecified atom stereocenters. The molecular weight excluding hydrogens is 588 g/mol. The second kappa shape index (κ2) is 13.9. The van der Waals surface area contributed by atoms with Crippen molar-refractivity contribution in [2.45, 2.75) is 36.8 Å². The predicted octanol–water partition coefficient (Wildman–Crippen LogP) is 1.22. The highest BCUT2D eigenvalue weighted by atomic mass is 16.6. The van der Waals surface area contributed by atoms with Gasteiger partial charge in [0, 0.05) is 37.1 Å². The van der Waals surface area contributed by atoms with Gasteiger partial charge in [0.1, 0.15) is 6.10 Å². The number of aromatic hydroxyl groups is 4. The third-order valence-electron chi connectivity index (χ3n) is 6.21. The van der Waals surface area contributed by atoms with Crippen LogP contribution in [0, 0.1) is 0 Å². The summed E-state index contributed by atoms with van der Waals surface area (Å²) in [7, 11) is 0. The largest absolute Gasteiger partial charge is 0.504 e. The highest BCUT2D eigenvalue weighted by Gasteiger charge is 2.56. The summed E-state index contributed by atoms with van der Waals surface area (Å²) in [6.45, 7) is 0. The van der Waals surface area contributed by atoms with Crippen molar-refractivity contribution in [1.82, 2.24) is 0 Å². The van der Waals surface area contributed by atoms with E-state index in [1.165, 1.54) is 12.1 Å². The van der Waals surface area contributed by atoms with Crippen molar-refractivity contribution in [2.24, 2.45) is 0 Å². The number of phenols is 4. The molecule has 0 spiro atoms. The van der Waals surface area contributed by atoms with Gasteiger partial charge in [0.2, 0.25) is 5.60 Å². The van der Waals surface area contributed by atoms with Gasteiger partial charge in [-0.05, 0) is 47.5 Å². The summed E-state index contributed by atoms with van der Waals surface area (Å²) in [5, 5.41) is 67.6. The Bertz CT molecular complexity index is 1540. The molecule has 232 valence electrons. The van der Waals surface area contributed by atoms with Crippen molar-refractivity contribution in [2.75, 3.05) is 0 Å². The molecule has 7 N–H and O–H groups in total. The van der Waals surface area contributed by atoms with Crippen LogP contribution >= 0.6 is 0 Å². The number of hydrogen-bond donors (Lipinski definition) is 7. The molecule has 3 rings (SSSR count). The molecule has 1 saturated carbocycles. The number of ether oxygens (including phenoxy) is 3. The minimum Gasteiger partial charge on any atom is -0.504 e. The lowest BCUT2D eigenvalue weighted by Gasteiger charge is -2.42. The topological polar surface area (TPSA) is 255 Å². The molecule has 0 aliphatic heterocycles. The number of aliphatic hydroxyl groups excluding tert-OH is 1. The lowest BCUT2D eigenvalue weighted by molar-refractivity contribution is -0.213. The van der Waals surface area contributed by atoms with Crippen LogP contribution in [0.25, 0.3) is 12.2 Å². The molecule has 2 aromatic rings. The fourth-order valence-corrected chi connectivity index (χ4v) is 4.14. The van der Waals surface area contributed by atoms with Gasteiger partial charge in [0.25, 0.3) is 0 Å². The Hall–Kier alpha value is -5.83. The number of aliphatic hydroxyl groups is 1. The average molecular weight is 615 g/mol. The molecule has 0 heterocycles. The van der Waals surface area contributed by atoms with Crippen LogP contribution < -0.4 is 0 Å². The third-order valence-corrected chi connectivity index (χ3v) is 6.21. The monoisotopic (exact) mass is 614 g/mol. The maximum absolute atomic E-state index is 12.7. The number of esters is 3. The van der Waals surface area contributed by atoms with Crippen LogP contribution in [0.3, 0.4) is 0 Å². The fraction of sp³-hybridized carbons (Fsp3) is 0.207. The minimum absolute atomic E-state index is 0.229. The van der Waals surface area contributed by atoms with Crippen LogP contribution in [-0.4, -0.2) is 89.5 Å². The molecule has 1 fully saturated rings. The number of carboxylic acids is 2. The van der Waals surface area contributed by atoms with Gasteiger partial charge in [-0.25, -0.2) is 24.0 Å². The molecule has 4 atom stereocenters. The highest BCUT2D eigenvalue weighted by molar-refractivity contribution is 5.92. The summed E-state index contributed by atoms with van der Waals surface area (Å²) in [4.78, 5) is 60.6. The molecule has 44 heavy (non-hydrogen) atoms. The fourth-order valence-electron chi connectivity index (χ4n) is 4.14. The lowest BCUT2D eigenvalue weighted by atomic mass is 9.79. The third kappa shape index (κ3) is 8.59. The van der Waals surface area contributed by atoms with Crippen molar-refractivity contribution in [3.05, 3.63) is 71.8 Å². The lowest BCUT2D eigenvalue weighted by Crippen LogP contribution is -2.59. The van der Waals surface area contributed by atoms with Crippen molar-refractivity contribution in [3.8, 4) is 23.0 Å². The Labute approximate surface area is 247 Å². The summed E-state index contributed by atoms with van der Waals surface area (Å²) in [6.07, 6.45) is -2.11. The zero-order valence-corrected chi connectivity index (χ0v) is 22.5. The Balaban J connectivity index is 1.87. The highest BCUT2D eigenvalue weighted by Crippen LogP contribution is 2.37. The van der Waals surface area contributed by atoms with Gasteiger partial charge in [-0.1, -0.05) is 12.1 Å².